The predicted octanol–water partition coefficient (Wildman–Crippen LogP) is 4.26. The number of aryl methyl sites for hydroxylation is 2. The molecule has 0 amide bonds. The molecule has 2 saturated carbocycles. The van der Waals surface area contributed by atoms with Crippen LogP contribution in [0.2, 0.25) is 5.02 Å². The quantitative estimate of drug-likeness (QED) is 0.899. The second-order valence-electron chi connectivity index (χ2n) is 6.49. The van der Waals surface area contributed by atoms with Crippen LogP contribution in [0.4, 0.5) is 0 Å². The molecule has 3 heteroatoms. The lowest BCUT2D eigenvalue weighted by Gasteiger charge is -2.54. The molecule has 3 rings (SSSR count). The second kappa shape index (κ2) is 5.23. The summed E-state index contributed by atoms with van der Waals surface area (Å²) < 4.78 is 6.44. The molecule has 0 aromatic heterocycles. The lowest BCUT2D eigenvalue weighted by molar-refractivity contribution is -0.0741. The molecule has 0 radical (unpaired) electrons. The fourth-order valence-corrected chi connectivity index (χ4v) is 4.57. The van der Waals surface area contributed by atoms with Crippen molar-refractivity contribution in [3.05, 3.63) is 28.3 Å². The van der Waals surface area contributed by atoms with Crippen LogP contribution in [0.25, 0.3) is 0 Å². The Morgan fingerprint density at radius 1 is 1.20 bits per heavy atom. The molecular formula is C17H24ClNO. The van der Waals surface area contributed by atoms with E-state index in [1.165, 1.54) is 25.7 Å². The molecule has 2 fully saturated rings. The fraction of sp³-hybridized carbons (Fsp3) is 0.647. The van der Waals surface area contributed by atoms with Crippen molar-refractivity contribution in [2.75, 3.05) is 7.05 Å². The van der Waals surface area contributed by atoms with E-state index in [9.17, 15) is 0 Å². The molecule has 20 heavy (non-hydrogen) atoms. The lowest BCUT2D eigenvalue weighted by Crippen LogP contribution is -2.63. The van der Waals surface area contributed by atoms with Gasteiger partial charge in [-0.3, -0.25) is 0 Å². The van der Waals surface area contributed by atoms with Crippen LogP contribution in [0.5, 0.6) is 5.75 Å². The van der Waals surface area contributed by atoms with Crippen LogP contribution in [0, 0.1) is 19.3 Å². The van der Waals surface area contributed by atoms with Gasteiger partial charge in [-0.25, -0.2) is 0 Å². The van der Waals surface area contributed by atoms with E-state index in [0.717, 1.165) is 28.3 Å². The Morgan fingerprint density at radius 3 is 2.35 bits per heavy atom. The topological polar surface area (TPSA) is 21.3 Å². The minimum absolute atomic E-state index is 0.362. The monoisotopic (exact) mass is 293 g/mol. The summed E-state index contributed by atoms with van der Waals surface area (Å²) in [5.74, 6) is 1.04. The zero-order valence-electron chi connectivity index (χ0n) is 12.6. The van der Waals surface area contributed by atoms with Crippen LogP contribution in [-0.4, -0.2) is 19.2 Å². The van der Waals surface area contributed by atoms with Crippen molar-refractivity contribution in [3.8, 4) is 5.75 Å². The first kappa shape index (κ1) is 14.2. The van der Waals surface area contributed by atoms with Crippen molar-refractivity contribution < 1.29 is 4.74 Å². The van der Waals surface area contributed by atoms with Gasteiger partial charge < -0.3 is 10.1 Å². The molecule has 1 aromatic carbocycles. The summed E-state index contributed by atoms with van der Waals surface area (Å²) in [4.78, 5) is 0. The average Bonchev–Trinajstić information content (AvgIpc) is 2.88. The minimum atomic E-state index is 0.362. The molecule has 0 heterocycles. The van der Waals surface area contributed by atoms with Gasteiger partial charge >= 0.3 is 0 Å². The highest BCUT2D eigenvalue weighted by atomic mass is 35.5. The SMILES string of the molecule is CNC1CC(Oc2c(C)cc(Cl)cc2C)C12CCCC2. The molecule has 2 nitrogen and oxygen atoms in total. The first-order valence-electron chi connectivity index (χ1n) is 7.67. The van der Waals surface area contributed by atoms with Crippen molar-refractivity contribution in [1.82, 2.24) is 5.32 Å². The van der Waals surface area contributed by atoms with Crippen LogP contribution < -0.4 is 10.1 Å². The lowest BCUT2D eigenvalue weighted by atomic mass is 9.60. The second-order valence-corrected chi connectivity index (χ2v) is 6.93. The molecule has 0 aliphatic heterocycles. The van der Waals surface area contributed by atoms with Gasteiger partial charge in [0.1, 0.15) is 11.9 Å². The average molecular weight is 294 g/mol. The molecule has 1 N–H and O–H groups in total. The van der Waals surface area contributed by atoms with Crippen molar-refractivity contribution in [1.29, 1.82) is 0 Å². The molecule has 1 spiro atoms. The third kappa shape index (κ3) is 2.14. The Bertz CT molecular complexity index is 485. The van der Waals surface area contributed by atoms with Crippen LogP contribution in [0.1, 0.15) is 43.2 Å². The van der Waals surface area contributed by atoms with E-state index < -0.39 is 0 Å². The Labute approximate surface area is 126 Å². The van der Waals surface area contributed by atoms with Crippen molar-refractivity contribution >= 4 is 11.6 Å². The van der Waals surface area contributed by atoms with Gasteiger partial charge in [0.25, 0.3) is 0 Å². The molecule has 110 valence electrons. The summed E-state index contributed by atoms with van der Waals surface area (Å²) in [6.07, 6.45) is 6.77. The van der Waals surface area contributed by atoms with E-state index >= 15 is 0 Å². The summed E-state index contributed by atoms with van der Waals surface area (Å²) in [7, 11) is 2.08. The first-order valence-corrected chi connectivity index (χ1v) is 8.05. The predicted molar refractivity (Wildman–Crippen MR) is 83.7 cm³/mol. The van der Waals surface area contributed by atoms with Crippen LogP contribution in [0.15, 0.2) is 12.1 Å². The normalized spacial score (nSPS) is 27.6. The third-order valence-electron chi connectivity index (χ3n) is 5.35. The summed E-state index contributed by atoms with van der Waals surface area (Å²) >= 11 is 6.11. The zero-order valence-corrected chi connectivity index (χ0v) is 13.4. The molecular weight excluding hydrogens is 270 g/mol. The van der Waals surface area contributed by atoms with Crippen LogP contribution >= 0.6 is 11.6 Å². The zero-order chi connectivity index (χ0) is 14.3. The smallest absolute Gasteiger partial charge is 0.125 e. The fourth-order valence-electron chi connectivity index (χ4n) is 4.25. The van der Waals surface area contributed by atoms with E-state index in [1.54, 1.807) is 0 Å². The van der Waals surface area contributed by atoms with Gasteiger partial charge in [0, 0.05) is 22.9 Å². The third-order valence-corrected chi connectivity index (χ3v) is 5.57. The number of hydrogen-bond acceptors (Lipinski definition) is 2. The minimum Gasteiger partial charge on any atom is -0.489 e. The van der Waals surface area contributed by atoms with Gasteiger partial charge in [-0.15, -0.1) is 0 Å². The summed E-state index contributed by atoms with van der Waals surface area (Å²) in [6, 6.07) is 4.63. The molecule has 2 unspecified atom stereocenters. The Kier molecular flexibility index (Phi) is 3.72. The Morgan fingerprint density at radius 2 is 1.80 bits per heavy atom. The molecule has 0 bridgehead atoms. The first-order chi connectivity index (χ1) is 9.56. The largest absolute Gasteiger partial charge is 0.489 e. The number of ether oxygens (including phenoxy) is 1. The maximum atomic E-state index is 6.44. The van der Waals surface area contributed by atoms with Gasteiger partial charge in [-0.2, -0.15) is 0 Å². The summed E-state index contributed by atoms with van der Waals surface area (Å²) in [5, 5.41) is 4.28. The van der Waals surface area contributed by atoms with Crippen molar-refractivity contribution in [2.45, 2.75) is 58.1 Å². The number of nitrogens with one attached hydrogen (secondary N) is 1. The number of hydrogen-bond donors (Lipinski definition) is 1. The van der Waals surface area contributed by atoms with E-state index in [0.29, 0.717) is 17.6 Å². The highest BCUT2D eigenvalue weighted by Crippen LogP contribution is 2.55. The molecule has 2 atom stereocenters. The van der Waals surface area contributed by atoms with E-state index in [-0.39, 0.29) is 0 Å². The maximum absolute atomic E-state index is 6.44. The standard InChI is InChI=1S/C17H24ClNO/c1-11-8-13(18)9-12(2)16(11)20-15-10-14(19-3)17(15)6-4-5-7-17/h8-9,14-15,19H,4-7,10H2,1-3H3. The van der Waals surface area contributed by atoms with Gasteiger partial charge in [-0.1, -0.05) is 24.4 Å². The molecule has 2 aliphatic rings. The summed E-state index contributed by atoms with van der Waals surface area (Å²) in [5.41, 5.74) is 2.67. The number of halogens is 1. The van der Waals surface area contributed by atoms with E-state index in [2.05, 4.69) is 26.2 Å². The summed E-state index contributed by atoms with van der Waals surface area (Å²) in [6.45, 7) is 4.17. The van der Waals surface area contributed by atoms with Gasteiger partial charge in [0.05, 0.1) is 0 Å². The Hall–Kier alpha value is -0.730. The molecule has 2 aliphatic carbocycles. The van der Waals surface area contributed by atoms with Gasteiger partial charge in [-0.05, 0) is 57.0 Å². The van der Waals surface area contributed by atoms with Gasteiger partial charge in [0.2, 0.25) is 0 Å². The number of benzene rings is 1. The van der Waals surface area contributed by atoms with Crippen molar-refractivity contribution in [2.24, 2.45) is 5.41 Å². The number of rotatable bonds is 3. The highest BCUT2D eigenvalue weighted by Gasteiger charge is 2.57. The Balaban J connectivity index is 1.82. The maximum Gasteiger partial charge on any atom is 0.125 e. The van der Waals surface area contributed by atoms with Crippen LogP contribution in [-0.2, 0) is 0 Å². The molecule has 1 aromatic rings. The van der Waals surface area contributed by atoms with Crippen LogP contribution in [0.3, 0.4) is 0 Å². The van der Waals surface area contributed by atoms with Crippen molar-refractivity contribution in [3.63, 3.8) is 0 Å². The highest BCUT2D eigenvalue weighted by molar-refractivity contribution is 6.30. The van der Waals surface area contributed by atoms with E-state index in [1.807, 2.05) is 12.1 Å². The van der Waals surface area contributed by atoms with E-state index in [4.69, 9.17) is 16.3 Å². The molecule has 0 saturated heterocycles. The van der Waals surface area contributed by atoms with Gasteiger partial charge in [0.15, 0.2) is 0 Å².